The lowest BCUT2D eigenvalue weighted by Gasteiger charge is -2.31. The minimum atomic E-state index is -0.296. The summed E-state index contributed by atoms with van der Waals surface area (Å²) in [6.07, 6.45) is 4.08. The fraction of sp³-hybridized carbons (Fsp3) is 0.438. The van der Waals surface area contributed by atoms with Crippen LogP contribution in [0.25, 0.3) is 0 Å². The van der Waals surface area contributed by atoms with Crippen molar-refractivity contribution in [2.45, 2.75) is 39.2 Å². The predicted octanol–water partition coefficient (Wildman–Crippen LogP) is 6.11. The molecule has 4 rings (SSSR count). The highest BCUT2D eigenvalue weighted by atomic mass is 35.5. The van der Waals surface area contributed by atoms with Crippen molar-refractivity contribution >= 4 is 35.0 Å². The molecule has 2 heterocycles. The molecular weight excluding hydrogens is 577 g/mol. The Hall–Kier alpha value is -3.20. The molecule has 10 heteroatoms. The summed E-state index contributed by atoms with van der Waals surface area (Å²) in [6.45, 7) is 5.58. The zero-order valence-electron chi connectivity index (χ0n) is 24.5. The van der Waals surface area contributed by atoms with Crippen LogP contribution < -0.4 is 9.47 Å². The zero-order chi connectivity index (χ0) is 30.1. The van der Waals surface area contributed by atoms with Crippen molar-refractivity contribution in [2.75, 3.05) is 53.5 Å². The normalized spacial score (nSPS) is 13.5. The molecule has 1 saturated heterocycles. The van der Waals surface area contributed by atoms with Crippen LogP contribution in [0.2, 0.25) is 10.0 Å². The lowest BCUT2D eigenvalue weighted by molar-refractivity contribution is -0.132. The Labute approximate surface area is 258 Å². The molecule has 1 fully saturated rings. The molecule has 0 atom stereocenters. The third kappa shape index (κ3) is 8.66. The van der Waals surface area contributed by atoms with Gasteiger partial charge >= 0.3 is 0 Å². The van der Waals surface area contributed by atoms with Gasteiger partial charge in [0.1, 0.15) is 18.1 Å². The third-order valence-corrected chi connectivity index (χ3v) is 8.07. The van der Waals surface area contributed by atoms with Crippen LogP contribution in [-0.2, 0) is 17.8 Å². The first-order valence-corrected chi connectivity index (χ1v) is 15.0. The number of carbonyl (C=O) groups is 2. The van der Waals surface area contributed by atoms with Crippen molar-refractivity contribution in [1.29, 1.82) is 0 Å². The smallest absolute Gasteiger partial charge is 0.255 e. The van der Waals surface area contributed by atoms with Gasteiger partial charge in [-0.05, 0) is 87.3 Å². The number of halogens is 2. The second-order valence-corrected chi connectivity index (χ2v) is 11.4. The minimum absolute atomic E-state index is 0.0861. The average Bonchev–Trinajstić information content (AvgIpc) is 3.41. The van der Waals surface area contributed by atoms with E-state index in [2.05, 4.69) is 4.90 Å². The standard InChI is InChI=1S/C32H39Cl2N3O5/c1-23-7-10-26(42-23)21-36(16-13-24-8-12-29(40-2)30(19-24)41-3)31(38)22-37(18-17-35-14-5-4-6-15-35)32(39)27-11-9-25(33)20-28(27)34/h7-12,19-20H,4-6,13-18,21-22H2,1-3H3. The van der Waals surface area contributed by atoms with E-state index in [0.29, 0.717) is 53.9 Å². The number of hydrogen-bond acceptors (Lipinski definition) is 6. The van der Waals surface area contributed by atoms with E-state index in [1.165, 1.54) is 6.42 Å². The molecular formula is C32H39Cl2N3O5. The van der Waals surface area contributed by atoms with Gasteiger partial charge in [-0.15, -0.1) is 0 Å². The molecule has 0 aliphatic carbocycles. The fourth-order valence-electron chi connectivity index (χ4n) is 5.14. The number of benzene rings is 2. The Morgan fingerprint density at radius 2 is 1.67 bits per heavy atom. The Kier molecular flexibility index (Phi) is 11.6. The number of rotatable bonds is 13. The fourth-order valence-corrected chi connectivity index (χ4v) is 5.63. The van der Waals surface area contributed by atoms with Gasteiger partial charge < -0.3 is 28.6 Å². The Morgan fingerprint density at radius 3 is 2.33 bits per heavy atom. The number of amides is 2. The van der Waals surface area contributed by atoms with Gasteiger partial charge in [0.05, 0.1) is 31.4 Å². The SMILES string of the molecule is COc1ccc(CCN(Cc2ccc(C)o2)C(=O)CN(CCN2CCCCC2)C(=O)c2ccc(Cl)cc2Cl)cc1OC. The van der Waals surface area contributed by atoms with Crippen LogP contribution in [0, 0.1) is 6.92 Å². The number of hydrogen-bond donors (Lipinski definition) is 0. The summed E-state index contributed by atoms with van der Waals surface area (Å²) in [5.41, 5.74) is 1.32. The quantitative estimate of drug-likeness (QED) is 0.231. The van der Waals surface area contributed by atoms with Gasteiger partial charge in [0, 0.05) is 24.7 Å². The van der Waals surface area contributed by atoms with Crippen molar-refractivity contribution in [2.24, 2.45) is 0 Å². The lowest BCUT2D eigenvalue weighted by Crippen LogP contribution is -2.46. The minimum Gasteiger partial charge on any atom is -0.493 e. The molecule has 0 bridgehead atoms. The van der Waals surface area contributed by atoms with E-state index in [1.54, 1.807) is 42.2 Å². The van der Waals surface area contributed by atoms with Crippen LogP contribution >= 0.6 is 23.2 Å². The second-order valence-electron chi connectivity index (χ2n) is 10.5. The van der Waals surface area contributed by atoms with E-state index >= 15 is 0 Å². The van der Waals surface area contributed by atoms with Crippen molar-refractivity contribution in [3.8, 4) is 11.5 Å². The van der Waals surface area contributed by atoms with Crippen molar-refractivity contribution in [3.63, 3.8) is 0 Å². The molecule has 0 radical (unpaired) electrons. The molecule has 0 spiro atoms. The van der Waals surface area contributed by atoms with Crippen molar-refractivity contribution in [3.05, 3.63) is 81.2 Å². The highest BCUT2D eigenvalue weighted by Gasteiger charge is 2.25. The van der Waals surface area contributed by atoms with E-state index in [-0.39, 0.29) is 29.9 Å². The predicted molar refractivity (Wildman–Crippen MR) is 165 cm³/mol. The molecule has 0 saturated carbocycles. The number of aryl methyl sites for hydroxylation is 1. The molecule has 1 aromatic heterocycles. The van der Waals surface area contributed by atoms with Crippen LogP contribution in [0.3, 0.4) is 0 Å². The Bertz CT molecular complexity index is 1360. The van der Waals surface area contributed by atoms with Crippen molar-refractivity contribution < 1.29 is 23.5 Å². The van der Waals surface area contributed by atoms with E-state index in [9.17, 15) is 9.59 Å². The number of furan rings is 1. The molecule has 2 amide bonds. The second kappa shape index (κ2) is 15.3. The first kappa shape index (κ1) is 31.7. The van der Waals surface area contributed by atoms with Gasteiger partial charge in [-0.3, -0.25) is 9.59 Å². The Morgan fingerprint density at radius 1 is 0.905 bits per heavy atom. The van der Waals surface area contributed by atoms with Gasteiger partial charge in [0.25, 0.3) is 5.91 Å². The van der Waals surface area contributed by atoms with E-state index in [0.717, 1.165) is 37.3 Å². The number of ether oxygens (including phenoxy) is 2. The molecule has 0 unspecified atom stereocenters. The van der Waals surface area contributed by atoms with Crippen LogP contribution in [0.4, 0.5) is 0 Å². The summed E-state index contributed by atoms with van der Waals surface area (Å²) in [5, 5.41) is 0.710. The summed E-state index contributed by atoms with van der Waals surface area (Å²) in [6, 6.07) is 14.3. The molecule has 42 heavy (non-hydrogen) atoms. The number of nitrogens with zero attached hydrogens (tertiary/aromatic N) is 3. The van der Waals surface area contributed by atoms with Crippen LogP contribution in [0.5, 0.6) is 11.5 Å². The number of likely N-dealkylation sites (tertiary alicyclic amines) is 1. The highest BCUT2D eigenvalue weighted by molar-refractivity contribution is 6.36. The summed E-state index contributed by atoms with van der Waals surface area (Å²) in [4.78, 5) is 33.3. The van der Waals surface area contributed by atoms with Gasteiger partial charge in [-0.2, -0.15) is 0 Å². The van der Waals surface area contributed by atoms with Crippen LogP contribution in [0.15, 0.2) is 52.9 Å². The van der Waals surface area contributed by atoms with Crippen LogP contribution in [0.1, 0.15) is 46.7 Å². The van der Waals surface area contributed by atoms with Gasteiger partial charge in [-0.25, -0.2) is 0 Å². The van der Waals surface area contributed by atoms with Gasteiger partial charge in [-0.1, -0.05) is 35.7 Å². The molecule has 2 aromatic carbocycles. The molecule has 226 valence electrons. The molecule has 1 aliphatic heterocycles. The lowest BCUT2D eigenvalue weighted by atomic mass is 10.1. The van der Waals surface area contributed by atoms with Gasteiger partial charge in [0.15, 0.2) is 11.5 Å². The van der Waals surface area contributed by atoms with Crippen LogP contribution in [-0.4, -0.2) is 80.0 Å². The maximum Gasteiger partial charge on any atom is 0.255 e. The summed E-state index contributed by atoms with van der Waals surface area (Å²) >= 11 is 12.5. The average molecular weight is 617 g/mol. The number of piperidine rings is 1. The molecule has 8 nitrogen and oxygen atoms in total. The van der Waals surface area contributed by atoms with E-state index in [1.807, 2.05) is 37.3 Å². The maximum absolute atomic E-state index is 13.9. The zero-order valence-corrected chi connectivity index (χ0v) is 26.0. The third-order valence-electron chi connectivity index (χ3n) is 7.52. The first-order valence-electron chi connectivity index (χ1n) is 14.3. The highest BCUT2D eigenvalue weighted by Crippen LogP contribution is 2.28. The first-order chi connectivity index (χ1) is 20.3. The van der Waals surface area contributed by atoms with Crippen molar-refractivity contribution in [1.82, 2.24) is 14.7 Å². The summed E-state index contributed by atoms with van der Waals surface area (Å²) in [5.74, 6) is 2.25. The van der Waals surface area contributed by atoms with E-state index in [4.69, 9.17) is 37.1 Å². The Balaban J connectivity index is 1.54. The summed E-state index contributed by atoms with van der Waals surface area (Å²) < 4.78 is 16.6. The van der Waals surface area contributed by atoms with Gasteiger partial charge in [0.2, 0.25) is 5.91 Å². The molecule has 1 aliphatic rings. The number of methoxy groups -OCH3 is 2. The topological polar surface area (TPSA) is 75.5 Å². The maximum atomic E-state index is 13.9. The molecule has 0 N–H and O–H groups in total. The summed E-state index contributed by atoms with van der Waals surface area (Å²) in [7, 11) is 3.19. The number of carbonyl (C=O) groups excluding carboxylic acids is 2. The largest absolute Gasteiger partial charge is 0.493 e. The van der Waals surface area contributed by atoms with E-state index < -0.39 is 0 Å². The molecule has 3 aromatic rings. The monoisotopic (exact) mass is 615 g/mol.